The van der Waals surface area contributed by atoms with E-state index in [1.54, 1.807) is 12.1 Å². The number of methoxy groups -OCH3 is 1. The van der Waals surface area contributed by atoms with Crippen LogP contribution in [0.1, 0.15) is 0 Å². The third-order valence-electron chi connectivity index (χ3n) is 2.57. The molecule has 0 spiro atoms. The van der Waals surface area contributed by atoms with Crippen molar-refractivity contribution in [1.82, 2.24) is 0 Å². The first-order valence-corrected chi connectivity index (χ1v) is 7.44. The molecular weight excluding hydrogens is 302 g/mol. The monoisotopic (exact) mass is 313 g/mol. The van der Waals surface area contributed by atoms with Crippen LogP contribution < -0.4 is 9.46 Å². The Morgan fingerprint density at radius 1 is 1.15 bits per heavy atom. The van der Waals surface area contributed by atoms with Gasteiger partial charge in [-0.25, -0.2) is 8.42 Å². The Kier molecular flexibility index (Phi) is 4.06. The van der Waals surface area contributed by atoms with Crippen LogP contribution in [0.4, 0.5) is 5.69 Å². The number of sulfonamides is 1. The zero-order chi connectivity index (χ0) is 14.8. The van der Waals surface area contributed by atoms with E-state index in [-0.39, 0.29) is 21.4 Å². The molecule has 106 valence electrons. The molecule has 0 radical (unpaired) electrons. The van der Waals surface area contributed by atoms with E-state index in [1.165, 1.54) is 37.4 Å². The highest BCUT2D eigenvalue weighted by atomic mass is 35.5. The van der Waals surface area contributed by atoms with Crippen molar-refractivity contribution >= 4 is 27.3 Å². The Morgan fingerprint density at radius 3 is 2.35 bits per heavy atom. The first-order chi connectivity index (χ1) is 9.42. The number of ether oxygens (including phenoxy) is 1. The smallest absolute Gasteiger partial charge is 0.261 e. The van der Waals surface area contributed by atoms with Gasteiger partial charge in [0, 0.05) is 6.07 Å². The molecule has 2 aromatic rings. The molecular formula is C13H12ClNO4S. The number of halogens is 1. The van der Waals surface area contributed by atoms with E-state index >= 15 is 0 Å². The highest BCUT2D eigenvalue weighted by molar-refractivity contribution is 7.92. The van der Waals surface area contributed by atoms with E-state index in [2.05, 4.69) is 4.72 Å². The molecule has 0 heterocycles. The minimum Gasteiger partial charge on any atom is -0.508 e. The Balaban J connectivity index is 2.30. The summed E-state index contributed by atoms with van der Waals surface area (Å²) in [5.74, 6) is 0.522. The van der Waals surface area contributed by atoms with E-state index in [9.17, 15) is 13.5 Å². The van der Waals surface area contributed by atoms with Gasteiger partial charge in [0.05, 0.1) is 22.7 Å². The summed E-state index contributed by atoms with van der Waals surface area (Å²) in [6.07, 6.45) is 0. The number of nitrogens with one attached hydrogen (secondary N) is 1. The van der Waals surface area contributed by atoms with Gasteiger partial charge in [0.25, 0.3) is 10.0 Å². The lowest BCUT2D eigenvalue weighted by Crippen LogP contribution is -2.13. The topological polar surface area (TPSA) is 75.6 Å². The Hall–Kier alpha value is -1.92. The predicted octanol–water partition coefficient (Wildman–Crippen LogP) is 2.86. The van der Waals surface area contributed by atoms with Gasteiger partial charge in [0.15, 0.2) is 0 Å². The number of hydrogen-bond acceptors (Lipinski definition) is 4. The van der Waals surface area contributed by atoms with E-state index in [0.717, 1.165) is 0 Å². The fraction of sp³-hybridized carbons (Fsp3) is 0.0769. The molecule has 0 aromatic heterocycles. The normalized spacial score (nSPS) is 11.1. The summed E-state index contributed by atoms with van der Waals surface area (Å²) in [4.78, 5) is 0.0856. The van der Waals surface area contributed by atoms with Crippen molar-refractivity contribution in [2.45, 2.75) is 4.90 Å². The third kappa shape index (κ3) is 3.15. The van der Waals surface area contributed by atoms with Crippen molar-refractivity contribution in [1.29, 1.82) is 0 Å². The van der Waals surface area contributed by atoms with E-state index in [0.29, 0.717) is 5.75 Å². The van der Waals surface area contributed by atoms with Crippen LogP contribution in [0.3, 0.4) is 0 Å². The second-order valence-electron chi connectivity index (χ2n) is 3.95. The summed E-state index contributed by atoms with van der Waals surface area (Å²) in [5, 5.41) is 9.35. The summed E-state index contributed by atoms with van der Waals surface area (Å²) < 4.78 is 31.7. The van der Waals surface area contributed by atoms with Crippen LogP contribution in [0.25, 0.3) is 0 Å². The summed E-state index contributed by atoms with van der Waals surface area (Å²) in [6, 6.07) is 9.94. The van der Waals surface area contributed by atoms with Crippen LogP contribution in [0.5, 0.6) is 11.5 Å². The average Bonchev–Trinajstić information content (AvgIpc) is 2.42. The van der Waals surface area contributed by atoms with Gasteiger partial charge in [-0.2, -0.15) is 0 Å². The van der Waals surface area contributed by atoms with Crippen molar-refractivity contribution in [3.8, 4) is 11.5 Å². The summed E-state index contributed by atoms with van der Waals surface area (Å²) in [6.45, 7) is 0. The minimum absolute atomic E-state index is 0.0394. The summed E-state index contributed by atoms with van der Waals surface area (Å²) >= 11 is 5.86. The van der Waals surface area contributed by atoms with Gasteiger partial charge >= 0.3 is 0 Å². The first-order valence-electron chi connectivity index (χ1n) is 5.58. The number of phenolic OH excluding ortho intramolecular Hbond substituents is 1. The van der Waals surface area contributed by atoms with E-state index < -0.39 is 10.0 Å². The van der Waals surface area contributed by atoms with Crippen molar-refractivity contribution in [2.75, 3.05) is 11.8 Å². The van der Waals surface area contributed by atoms with Gasteiger partial charge in [0.2, 0.25) is 0 Å². The summed E-state index contributed by atoms with van der Waals surface area (Å²) in [5.41, 5.74) is 0.195. The maximum absolute atomic E-state index is 12.2. The van der Waals surface area contributed by atoms with Gasteiger partial charge < -0.3 is 9.84 Å². The second-order valence-corrected chi connectivity index (χ2v) is 6.03. The predicted molar refractivity (Wildman–Crippen MR) is 76.9 cm³/mol. The lowest BCUT2D eigenvalue weighted by molar-refractivity contribution is 0.414. The fourth-order valence-corrected chi connectivity index (χ4v) is 2.90. The van der Waals surface area contributed by atoms with Crippen LogP contribution >= 0.6 is 11.6 Å². The fourth-order valence-electron chi connectivity index (χ4n) is 1.55. The highest BCUT2D eigenvalue weighted by Gasteiger charge is 2.15. The van der Waals surface area contributed by atoms with Crippen LogP contribution in [0.2, 0.25) is 5.02 Å². The molecule has 0 aliphatic carbocycles. The van der Waals surface area contributed by atoms with Crippen LogP contribution in [-0.4, -0.2) is 20.6 Å². The molecule has 2 rings (SSSR count). The highest BCUT2D eigenvalue weighted by Crippen LogP contribution is 2.28. The van der Waals surface area contributed by atoms with E-state index in [4.69, 9.17) is 16.3 Å². The van der Waals surface area contributed by atoms with Crippen LogP contribution in [-0.2, 0) is 10.0 Å². The number of phenols is 1. The maximum atomic E-state index is 12.2. The molecule has 0 aliphatic heterocycles. The standard InChI is InChI=1S/C13H12ClNO4S/c1-19-10-3-5-11(6-4-10)20(17,18)15-13-7-2-9(16)8-12(13)14/h2-8,15-16H,1H3. The molecule has 2 aromatic carbocycles. The molecule has 0 bridgehead atoms. The number of rotatable bonds is 4. The zero-order valence-electron chi connectivity index (χ0n) is 10.5. The molecule has 5 nitrogen and oxygen atoms in total. The molecule has 0 fully saturated rings. The van der Waals surface area contributed by atoms with Crippen molar-refractivity contribution in [3.05, 3.63) is 47.5 Å². The van der Waals surface area contributed by atoms with Gasteiger partial charge in [-0.05, 0) is 36.4 Å². The number of aromatic hydroxyl groups is 1. The average molecular weight is 314 g/mol. The van der Waals surface area contributed by atoms with Gasteiger partial charge in [0.1, 0.15) is 11.5 Å². The third-order valence-corrected chi connectivity index (χ3v) is 4.26. The first kappa shape index (κ1) is 14.5. The van der Waals surface area contributed by atoms with Crippen molar-refractivity contribution in [3.63, 3.8) is 0 Å². The Labute approximate surface area is 121 Å². The molecule has 0 saturated carbocycles. The molecule has 2 N–H and O–H groups in total. The minimum atomic E-state index is -3.75. The number of hydrogen-bond donors (Lipinski definition) is 2. The Morgan fingerprint density at radius 2 is 1.80 bits per heavy atom. The molecule has 20 heavy (non-hydrogen) atoms. The SMILES string of the molecule is COc1ccc(S(=O)(=O)Nc2ccc(O)cc2Cl)cc1. The number of anilines is 1. The van der Waals surface area contributed by atoms with Crippen LogP contribution in [0, 0.1) is 0 Å². The van der Waals surface area contributed by atoms with E-state index in [1.807, 2.05) is 0 Å². The largest absolute Gasteiger partial charge is 0.508 e. The molecule has 0 amide bonds. The van der Waals surface area contributed by atoms with Crippen molar-refractivity contribution < 1.29 is 18.3 Å². The molecule has 7 heteroatoms. The van der Waals surface area contributed by atoms with Gasteiger partial charge in [-0.3, -0.25) is 4.72 Å². The maximum Gasteiger partial charge on any atom is 0.261 e. The molecule has 0 unspecified atom stereocenters. The van der Waals surface area contributed by atoms with Gasteiger partial charge in [-0.15, -0.1) is 0 Å². The lowest BCUT2D eigenvalue weighted by atomic mass is 10.3. The van der Waals surface area contributed by atoms with Crippen LogP contribution in [0.15, 0.2) is 47.4 Å². The molecule has 0 atom stereocenters. The molecule has 0 saturated heterocycles. The summed E-state index contributed by atoms with van der Waals surface area (Å²) in [7, 11) is -2.25. The van der Waals surface area contributed by atoms with Gasteiger partial charge in [-0.1, -0.05) is 11.6 Å². The second kappa shape index (κ2) is 5.60. The zero-order valence-corrected chi connectivity index (χ0v) is 12.1. The van der Waals surface area contributed by atoms with Crippen molar-refractivity contribution in [2.24, 2.45) is 0 Å². The molecule has 0 aliphatic rings. The quantitative estimate of drug-likeness (QED) is 0.851. The Bertz CT molecular complexity index is 714. The lowest BCUT2D eigenvalue weighted by Gasteiger charge is -2.10. The number of benzene rings is 2.